The first-order valence-electron chi connectivity index (χ1n) is 5.75. The van der Waals surface area contributed by atoms with Gasteiger partial charge >= 0.3 is 0 Å². The zero-order valence-electron chi connectivity index (χ0n) is 10.5. The summed E-state index contributed by atoms with van der Waals surface area (Å²) in [5.74, 6) is 0. The maximum absolute atomic E-state index is 12.3. The smallest absolute Gasteiger partial charge is 0.242 e. The minimum atomic E-state index is -3.43. The molecule has 1 aromatic heterocycles. The van der Waals surface area contributed by atoms with Crippen molar-refractivity contribution in [3.63, 3.8) is 0 Å². The molecule has 0 bridgehead atoms. The van der Waals surface area contributed by atoms with Gasteiger partial charge in [-0.25, -0.2) is 13.1 Å². The van der Waals surface area contributed by atoms with Crippen molar-refractivity contribution in [3.05, 3.63) is 15.8 Å². The molecule has 1 aromatic rings. The molecular formula is C11H20N2O2S2. The molecule has 1 heterocycles. The van der Waals surface area contributed by atoms with Crippen molar-refractivity contribution >= 4 is 21.4 Å². The van der Waals surface area contributed by atoms with Crippen LogP contribution in [0.5, 0.6) is 0 Å². The number of rotatable bonds is 6. The molecule has 0 saturated heterocycles. The number of aryl methyl sites for hydroxylation is 1. The predicted octanol–water partition coefficient (Wildman–Crippen LogP) is 1.98. The summed E-state index contributed by atoms with van der Waals surface area (Å²) in [5, 5.41) is 1.84. The summed E-state index contributed by atoms with van der Waals surface area (Å²) in [4.78, 5) is 1.10. The zero-order chi connectivity index (χ0) is 13.1. The molecule has 98 valence electrons. The SMILES string of the molecule is CCC(CC)NS(=O)(=O)c1c(C)csc1CN. The van der Waals surface area contributed by atoms with Gasteiger partial charge in [-0.2, -0.15) is 0 Å². The third kappa shape index (κ3) is 3.28. The molecule has 0 saturated carbocycles. The van der Waals surface area contributed by atoms with Crippen LogP contribution >= 0.6 is 11.3 Å². The standard InChI is InChI=1S/C11H20N2O2S2/c1-4-9(5-2)13-17(14,15)11-8(3)7-16-10(11)6-12/h7,9,13H,4-6,12H2,1-3H3. The van der Waals surface area contributed by atoms with Gasteiger partial charge in [-0.1, -0.05) is 13.8 Å². The van der Waals surface area contributed by atoms with Gasteiger partial charge in [0.25, 0.3) is 0 Å². The largest absolute Gasteiger partial charge is 0.326 e. The average Bonchev–Trinajstić information content (AvgIpc) is 2.68. The zero-order valence-corrected chi connectivity index (χ0v) is 12.1. The van der Waals surface area contributed by atoms with Crippen LogP contribution in [0.2, 0.25) is 0 Å². The summed E-state index contributed by atoms with van der Waals surface area (Å²) < 4.78 is 27.3. The summed E-state index contributed by atoms with van der Waals surface area (Å²) >= 11 is 1.40. The molecule has 17 heavy (non-hydrogen) atoms. The summed E-state index contributed by atoms with van der Waals surface area (Å²) in [6, 6.07) is -0.00933. The van der Waals surface area contributed by atoms with Gasteiger partial charge < -0.3 is 5.73 Å². The highest BCUT2D eigenvalue weighted by atomic mass is 32.2. The van der Waals surface area contributed by atoms with Crippen LogP contribution in [0, 0.1) is 6.92 Å². The molecule has 0 aliphatic rings. The number of nitrogens with one attached hydrogen (secondary N) is 1. The molecule has 0 aliphatic heterocycles. The number of hydrogen-bond donors (Lipinski definition) is 2. The highest BCUT2D eigenvalue weighted by molar-refractivity contribution is 7.89. The van der Waals surface area contributed by atoms with Gasteiger partial charge in [-0.15, -0.1) is 11.3 Å². The van der Waals surface area contributed by atoms with Gasteiger partial charge in [0, 0.05) is 17.5 Å². The Morgan fingerprint density at radius 3 is 2.47 bits per heavy atom. The Hall–Kier alpha value is -0.430. The van der Waals surface area contributed by atoms with Crippen LogP contribution in [0.1, 0.15) is 37.1 Å². The molecule has 0 amide bonds. The molecule has 1 rings (SSSR count). The van der Waals surface area contributed by atoms with Gasteiger partial charge in [-0.05, 0) is 30.7 Å². The Balaban J connectivity index is 3.08. The maximum Gasteiger partial charge on any atom is 0.242 e. The first kappa shape index (κ1) is 14.6. The minimum Gasteiger partial charge on any atom is -0.326 e. The van der Waals surface area contributed by atoms with Crippen LogP contribution in [0.25, 0.3) is 0 Å². The molecule has 6 heteroatoms. The Labute approximate surface area is 107 Å². The van der Waals surface area contributed by atoms with E-state index >= 15 is 0 Å². The fraction of sp³-hybridized carbons (Fsp3) is 0.636. The van der Waals surface area contributed by atoms with Crippen LogP contribution in [-0.4, -0.2) is 14.5 Å². The van der Waals surface area contributed by atoms with E-state index in [9.17, 15) is 8.42 Å². The van der Waals surface area contributed by atoms with Gasteiger partial charge in [-0.3, -0.25) is 0 Å². The summed E-state index contributed by atoms with van der Waals surface area (Å²) in [5.41, 5.74) is 6.35. The Morgan fingerprint density at radius 2 is 2.00 bits per heavy atom. The van der Waals surface area contributed by atoms with E-state index in [0.717, 1.165) is 23.3 Å². The number of sulfonamides is 1. The van der Waals surface area contributed by atoms with Crippen molar-refractivity contribution in [2.75, 3.05) is 0 Å². The van der Waals surface area contributed by atoms with E-state index in [2.05, 4.69) is 4.72 Å². The molecule has 0 spiro atoms. The third-order valence-corrected chi connectivity index (χ3v) is 5.76. The van der Waals surface area contributed by atoms with Crippen molar-refractivity contribution in [2.24, 2.45) is 5.73 Å². The van der Waals surface area contributed by atoms with E-state index < -0.39 is 10.0 Å². The second-order valence-electron chi connectivity index (χ2n) is 4.01. The van der Waals surface area contributed by atoms with Crippen LogP contribution in [0.4, 0.5) is 0 Å². The van der Waals surface area contributed by atoms with Crippen molar-refractivity contribution in [1.82, 2.24) is 4.72 Å². The quantitative estimate of drug-likeness (QED) is 0.834. The predicted molar refractivity (Wildman–Crippen MR) is 71.6 cm³/mol. The van der Waals surface area contributed by atoms with E-state index in [1.165, 1.54) is 11.3 Å². The van der Waals surface area contributed by atoms with Crippen molar-refractivity contribution < 1.29 is 8.42 Å². The molecular weight excluding hydrogens is 256 g/mol. The minimum absolute atomic E-state index is 0.00933. The summed E-state index contributed by atoms with van der Waals surface area (Å²) in [6.45, 7) is 6.01. The van der Waals surface area contributed by atoms with E-state index in [4.69, 9.17) is 5.73 Å². The van der Waals surface area contributed by atoms with Gasteiger partial charge in [0.1, 0.15) is 4.90 Å². The molecule has 0 unspecified atom stereocenters. The first-order chi connectivity index (χ1) is 7.96. The first-order valence-corrected chi connectivity index (χ1v) is 8.11. The summed E-state index contributed by atoms with van der Waals surface area (Å²) in [6.07, 6.45) is 1.58. The fourth-order valence-electron chi connectivity index (χ4n) is 1.72. The van der Waals surface area contributed by atoms with Crippen LogP contribution < -0.4 is 10.5 Å². The molecule has 0 radical (unpaired) electrons. The molecule has 0 atom stereocenters. The third-order valence-electron chi connectivity index (χ3n) is 2.75. The Bertz CT molecular complexity index is 462. The number of nitrogens with two attached hydrogens (primary N) is 1. The number of hydrogen-bond acceptors (Lipinski definition) is 4. The van der Waals surface area contributed by atoms with E-state index in [1.54, 1.807) is 6.92 Å². The van der Waals surface area contributed by atoms with Crippen molar-refractivity contribution in [2.45, 2.75) is 51.1 Å². The van der Waals surface area contributed by atoms with Crippen molar-refractivity contribution in [3.8, 4) is 0 Å². The second kappa shape index (κ2) is 5.95. The Morgan fingerprint density at radius 1 is 1.41 bits per heavy atom. The lowest BCUT2D eigenvalue weighted by Gasteiger charge is -2.15. The molecule has 0 aliphatic carbocycles. The fourth-order valence-corrected chi connectivity index (χ4v) is 4.83. The van der Waals surface area contributed by atoms with Gasteiger partial charge in [0.05, 0.1) is 0 Å². The number of thiophene rings is 1. The lowest BCUT2D eigenvalue weighted by Crippen LogP contribution is -2.34. The topological polar surface area (TPSA) is 72.2 Å². The van der Waals surface area contributed by atoms with E-state index in [-0.39, 0.29) is 12.6 Å². The normalized spacial score (nSPS) is 12.3. The highest BCUT2D eigenvalue weighted by Crippen LogP contribution is 2.26. The maximum atomic E-state index is 12.3. The van der Waals surface area contributed by atoms with Gasteiger partial charge in [0.15, 0.2) is 0 Å². The monoisotopic (exact) mass is 276 g/mol. The molecule has 4 nitrogen and oxygen atoms in total. The molecule has 3 N–H and O–H groups in total. The van der Waals surface area contributed by atoms with E-state index in [1.807, 2.05) is 19.2 Å². The van der Waals surface area contributed by atoms with E-state index in [0.29, 0.717) is 4.90 Å². The lowest BCUT2D eigenvalue weighted by atomic mass is 10.2. The molecule has 0 fully saturated rings. The second-order valence-corrected chi connectivity index (χ2v) is 6.62. The summed E-state index contributed by atoms with van der Waals surface area (Å²) in [7, 11) is -3.43. The van der Waals surface area contributed by atoms with Crippen LogP contribution in [0.15, 0.2) is 10.3 Å². The average molecular weight is 276 g/mol. The van der Waals surface area contributed by atoms with Crippen molar-refractivity contribution in [1.29, 1.82) is 0 Å². The Kier molecular flexibility index (Phi) is 5.12. The van der Waals surface area contributed by atoms with Crippen LogP contribution in [0.3, 0.4) is 0 Å². The van der Waals surface area contributed by atoms with Crippen LogP contribution in [-0.2, 0) is 16.6 Å². The lowest BCUT2D eigenvalue weighted by molar-refractivity contribution is 0.529. The van der Waals surface area contributed by atoms with Gasteiger partial charge in [0.2, 0.25) is 10.0 Å². The highest BCUT2D eigenvalue weighted by Gasteiger charge is 2.24. The molecule has 0 aromatic carbocycles.